The van der Waals surface area contributed by atoms with E-state index in [0.29, 0.717) is 11.9 Å². The summed E-state index contributed by atoms with van der Waals surface area (Å²) in [5.41, 5.74) is 5.91. The highest BCUT2D eigenvalue weighted by Gasteiger charge is 2.31. The van der Waals surface area contributed by atoms with Crippen molar-refractivity contribution in [2.45, 2.75) is 109 Å². The minimum Gasteiger partial charge on any atom is -0.484 e. The molecule has 3 aromatic heterocycles. The summed E-state index contributed by atoms with van der Waals surface area (Å²) in [4.78, 5) is 27.0. The van der Waals surface area contributed by atoms with Gasteiger partial charge in [0.2, 0.25) is 5.95 Å². The molecule has 2 aliphatic heterocycles. The lowest BCUT2D eigenvalue weighted by Crippen LogP contribution is -2.38. The Hall–Kier alpha value is -5.43. The van der Waals surface area contributed by atoms with Gasteiger partial charge in [0, 0.05) is 30.6 Å². The predicted molar refractivity (Wildman–Crippen MR) is 218 cm³/mol. The van der Waals surface area contributed by atoms with E-state index in [1.54, 1.807) is 0 Å². The molecule has 0 bridgehead atoms. The fourth-order valence-corrected chi connectivity index (χ4v) is 8.17. The van der Waals surface area contributed by atoms with Gasteiger partial charge in [-0.3, -0.25) is 19.4 Å². The summed E-state index contributed by atoms with van der Waals surface area (Å²) in [7, 11) is 0. The smallest absolute Gasteiger partial charge is 0.320 e. The Bertz CT molecular complexity index is 2100. The van der Waals surface area contributed by atoms with Crippen LogP contribution in [0.15, 0.2) is 72.9 Å². The zero-order valence-electron chi connectivity index (χ0n) is 33.0. The largest absolute Gasteiger partial charge is 0.484 e. The zero-order valence-corrected chi connectivity index (χ0v) is 33.0. The quantitative estimate of drug-likeness (QED) is 0.134. The monoisotopic (exact) mass is 761 g/mol. The summed E-state index contributed by atoms with van der Waals surface area (Å²) in [6, 6.07) is 22.8. The maximum atomic E-state index is 13.7. The number of carbonyl (C=O) groups excluding carboxylic acids is 1. The van der Waals surface area contributed by atoms with Crippen molar-refractivity contribution in [2.24, 2.45) is 0 Å². The van der Waals surface area contributed by atoms with E-state index in [-0.39, 0.29) is 30.1 Å². The molecule has 2 saturated heterocycles. The van der Waals surface area contributed by atoms with E-state index in [1.165, 1.54) is 31.2 Å². The number of piperidine rings is 2. The number of fused-ring (bicyclic) bond motifs is 2. The normalized spacial score (nSPS) is 20.1. The van der Waals surface area contributed by atoms with Crippen molar-refractivity contribution in [1.82, 2.24) is 34.6 Å². The average Bonchev–Trinajstić information content (AvgIpc) is 3.82. The molecule has 2 amide bonds. The number of nitrogens with zero attached hydrogens (tertiary/aromatic N) is 7. The molecule has 1 unspecified atom stereocenters. The topological polar surface area (TPSA) is 142 Å². The highest BCUT2D eigenvalue weighted by Crippen LogP contribution is 2.39. The molecule has 0 radical (unpaired) electrons. The van der Waals surface area contributed by atoms with Crippen molar-refractivity contribution in [1.29, 1.82) is 0 Å². The Kier molecular flexibility index (Phi) is 11.9. The first kappa shape index (κ1) is 38.8. The molecule has 13 heteroatoms. The Labute approximate surface area is 329 Å². The van der Waals surface area contributed by atoms with Gasteiger partial charge in [-0.05, 0) is 106 Å². The third-order valence-corrected chi connectivity index (χ3v) is 11.2. The number of hydrogen-bond donors (Lipinski definition) is 3. The lowest BCUT2D eigenvalue weighted by Gasteiger charge is -2.33. The molecule has 56 heavy (non-hydrogen) atoms. The van der Waals surface area contributed by atoms with Crippen LogP contribution in [0.5, 0.6) is 5.75 Å². The minimum atomic E-state index is -0.259. The standard InChI is InChI=1S/C42H53N9O2.CH2O2/c1-29-12-8-11-25-49(29)41-46-45-38-22-19-32(28-50(38)41)53-36-21-20-35(33-13-6-7-14-34(33)36)43-40(52)44-39-26-37(42(2,3)4)47-51(39)31-17-15-30(16-18-31)27-48-23-9-5-10-24-48;2-1-3/h6-7,13-19,22,26,28-29,35-36H,5,8-12,20-21,23-25,27H2,1-4H3,(H2,43,44,52);1H,(H,2,3)/t29-,35?,36+;/m0./s1. The minimum absolute atomic E-state index is 0.146. The highest BCUT2D eigenvalue weighted by atomic mass is 16.5. The number of aromatic nitrogens is 5. The summed E-state index contributed by atoms with van der Waals surface area (Å²) in [6.07, 6.45) is 10.8. The van der Waals surface area contributed by atoms with Crippen molar-refractivity contribution in [3.63, 3.8) is 0 Å². The molecule has 5 aromatic rings. The van der Waals surface area contributed by atoms with Crippen molar-refractivity contribution in [3.8, 4) is 11.4 Å². The zero-order chi connectivity index (χ0) is 39.2. The SMILES string of the molecule is C[C@H]1CCCCN1c1nnc2ccc(O[C@@H]3CCC(NC(=O)Nc4cc(C(C)(C)C)nn4-c4ccc(CN5CCCCC5)cc4)c4ccccc43)cn12.O=CO. The molecular weight excluding hydrogens is 707 g/mol. The summed E-state index contributed by atoms with van der Waals surface area (Å²) >= 11 is 0. The predicted octanol–water partition coefficient (Wildman–Crippen LogP) is 8.05. The molecule has 0 spiro atoms. The van der Waals surface area contributed by atoms with E-state index in [2.05, 4.69) is 99.1 Å². The Balaban J connectivity index is 0.00000155. The van der Waals surface area contributed by atoms with Gasteiger partial charge >= 0.3 is 6.03 Å². The van der Waals surface area contributed by atoms with Gasteiger partial charge in [0.25, 0.3) is 6.47 Å². The first-order chi connectivity index (χ1) is 27.1. The average molecular weight is 762 g/mol. The van der Waals surface area contributed by atoms with E-state index in [1.807, 2.05) is 41.2 Å². The van der Waals surface area contributed by atoms with Gasteiger partial charge in [-0.1, -0.05) is 63.6 Å². The number of ether oxygens (including phenoxy) is 1. The number of likely N-dealkylation sites (tertiary alicyclic amines) is 1. The maximum absolute atomic E-state index is 13.7. The second-order valence-corrected chi connectivity index (χ2v) is 16.3. The maximum Gasteiger partial charge on any atom is 0.320 e. The van der Waals surface area contributed by atoms with Crippen LogP contribution in [-0.2, 0) is 16.8 Å². The number of carboxylic acid groups (broad SMARTS) is 1. The number of amides is 2. The van der Waals surface area contributed by atoms with Gasteiger partial charge < -0.3 is 20.1 Å². The van der Waals surface area contributed by atoms with E-state index in [4.69, 9.17) is 19.7 Å². The molecule has 2 aromatic carbocycles. The number of pyridine rings is 1. The number of nitrogens with one attached hydrogen (secondary N) is 2. The van der Waals surface area contributed by atoms with Crippen molar-refractivity contribution >= 4 is 29.9 Å². The molecule has 3 aliphatic rings. The molecule has 8 rings (SSSR count). The second-order valence-electron chi connectivity index (χ2n) is 16.3. The molecule has 3 atom stereocenters. The number of rotatable bonds is 8. The van der Waals surface area contributed by atoms with E-state index in [9.17, 15) is 4.79 Å². The van der Waals surface area contributed by atoms with Crippen LogP contribution in [0.1, 0.15) is 114 Å². The summed E-state index contributed by atoms with van der Waals surface area (Å²) in [6.45, 7) is 12.7. The lowest BCUT2D eigenvalue weighted by atomic mass is 9.85. The molecule has 13 nitrogen and oxygen atoms in total. The summed E-state index contributed by atoms with van der Waals surface area (Å²) in [5.74, 6) is 2.29. The fraction of sp³-hybridized carbons (Fsp3) is 0.465. The van der Waals surface area contributed by atoms with Gasteiger partial charge in [-0.25, -0.2) is 9.48 Å². The molecule has 2 fully saturated rings. The first-order valence-electron chi connectivity index (χ1n) is 20.1. The molecule has 296 valence electrons. The lowest BCUT2D eigenvalue weighted by molar-refractivity contribution is -0.122. The van der Waals surface area contributed by atoms with Crippen molar-refractivity contribution < 1.29 is 19.4 Å². The van der Waals surface area contributed by atoms with Crippen molar-refractivity contribution in [3.05, 3.63) is 95.3 Å². The van der Waals surface area contributed by atoms with Crippen LogP contribution in [0.2, 0.25) is 0 Å². The third kappa shape index (κ3) is 8.83. The third-order valence-electron chi connectivity index (χ3n) is 11.2. The number of carbonyl (C=O) groups is 2. The molecule has 3 N–H and O–H groups in total. The second kappa shape index (κ2) is 17.2. The molecule has 0 saturated carbocycles. The van der Waals surface area contributed by atoms with Crippen LogP contribution in [-0.4, -0.2) is 72.6 Å². The van der Waals surface area contributed by atoms with Gasteiger partial charge in [0.05, 0.1) is 23.6 Å². The number of anilines is 2. The molecular formula is C43H55N9O4. The van der Waals surface area contributed by atoms with Crippen LogP contribution in [0.4, 0.5) is 16.6 Å². The highest BCUT2D eigenvalue weighted by molar-refractivity contribution is 5.89. The van der Waals surface area contributed by atoms with Gasteiger partial charge in [0.15, 0.2) is 5.65 Å². The van der Waals surface area contributed by atoms with Gasteiger partial charge in [-0.15, -0.1) is 10.2 Å². The van der Waals surface area contributed by atoms with E-state index < -0.39 is 0 Å². The first-order valence-corrected chi connectivity index (χ1v) is 20.1. The fourth-order valence-electron chi connectivity index (χ4n) is 8.17. The summed E-state index contributed by atoms with van der Waals surface area (Å²) < 4.78 is 10.6. The van der Waals surface area contributed by atoms with E-state index >= 15 is 0 Å². The summed E-state index contributed by atoms with van der Waals surface area (Å²) in [5, 5.41) is 27.3. The number of benzene rings is 2. The van der Waals surface area contributed by atoms with Crippen LogP contribution < -0.4 is 20.3 Å². The van der Waals surface area contributed by atoms with Crippen LogP contribution in [0.3, 0.4) is 0 Å². The van der Waals surface area contributed by atoms with Crippen LogP contribution in [0, 0.1) is 0 Å². The van der Waals surface area contributed by atoms with Crippen molar-refractivity contribution in [2.75, 3.05) is 29.9 Å². The Morgan fingerprint density at radius 3 is 2.38 bits per heavy atom. The molecule has 5 heterocycles. The number of urea groups is 1. The Morgan fingerprint density at radius 2 is 1.64 bits per heavy atom. The number of hydrogen-bond acceptors (Lipinski definition) is 8. The molecule has 1 aliphatic carbocycles. The van der Waals surface area contributed by atoms with Crippen LogP contribution in [0.25, 0.3) is 11.3 Å². The van der Waals surface area contributed by atoms with Gasteiger partial charge in [0.1, 0.15) is 17.7 Å². The van der Waals surface area contributed by atoms with Gasteiger partial charge in [-0.2, -0.15) is 5.10 Å². The van der Waals surface area contributed by atoms with E-state index in [0.717, 1.165) is 91.7 Å². The Morgan fingerprint density at radius 1 is 0.911 bits per heavy atom. The van der Waals surface area contributed by atoms with Crippen LogP contribution >= 0.6 is 0 Å².